The second kappa shape index (κ2) is 41.8. The molecule has 2 aromatic heterocycles. The third-order valence-corrected chi connectivity index (χ3v) is 19.7. The van der Waals surface area contributed by atoms with Crippen LogP contribution in [0.25, 0.3) is 22.4 Å². The van der Waals surface area contributed by atoms with Crippen LogP contribution in [0.3, 0.4) is 0 Å². The zero-order valence-corrected chi connectivity index (χ0v) is 65.1. The van der Waals surface area contributed by atoms with Crippen molar-refractivity contribution in [1.29, 1.82) is 0 Å². The molecule has 622 valence electrons. The highest BCUT2D eigenvalue weighted by Crippen LogP contribution is 2.32. The number of aromatic hydroxyl groups is 1. The molecule has 18 N–H and O–H groups in total. The number of aromatic amines is 1. The number of carbonyl (C=O) groups excluding carboxylic acids is 12. The molecular weight excluding hydrogens is 1510 g/mol. The normalized spacial score (nSPS) is 16.2. The molecule has 37 heteroatoms. The lowest BCUT2D eigenvalue weighted by atomic mass is 9.90. The zero-order chi connectivity index (χ0) is 85.3. The number of aliphatic hydroxyl groups excluding tert-OH is 2. The summed E-state index contributed by atoms with van der Waals surface area (Å²) in [6, 6.07) is 13.3. The van der Waals surface area contributed by atoms with Crippen LogP contribution in [0.15, 0.2) is 122 Å². The van der Waals surface area contributed by atoms with Gasteiger partial charge < -0.3 is 104 Å². The first-order chi connectivity index (χ1) is 55.0. The van der Waals surface area contributed by atoms with Gasteiger partial charge in [-0.3, -0.25) is 67.3 Å². The number of pyridine rings is 1. The van der Waals surface area contributed by atoms with Crippen molar-refractivity contribution in [2.24, 2.45) is 5.73 Å². The number of primary amides is 1. The van der Waals surface area contributed by atoms with Crippen molar-refractivity contribution in [1.82, 2.24) is 73.0 Å². The number of aromatic nitrogens is 3. The largest absolute Gasteiger partial charge is 0.508 e. The molecule has 0 spiro atoms. The number of carboxylic acids is 2. The van der Waals surface area contributed by atoms with E-state index in [0.717, 1.165) is 56.4 Å². The number of nitrogens with one attached hydrogen (secondary N) is 11. The third-order valence-electron chi connectivity index (χ3n) is 19.7. The fraction of sp³-hybridized carbons (Fsp3) is 0.418. The van der Waals surface area contributed by atoms with Gasteiger partial charge in [0.15, 0.2) is 0 Å². The van der Waals surface area contributed by atoms with Crippen LogP contribution in [0.1, 0.15) is 100 Å². The number of rotatable bonds is 41. The van der Waals surface area contributed by atoms with Crippen LogP contribution in [0, 0.1) is 12.7 Å². The number of phenolic OH excluding ortho intramolecular Hbond substituents is 1. The SMILES string of the molecule is CCc1cc(O)ccc1-c1ccc(C[C@H](NC(=O)[C@H](CC(=O)O)NC(=O)[C@H](CO)NC(=O)[C@@H](NC(=O)C(C)(Cc2ccccc2F)NC(=O)[C@@H](NC(=O)CNC(=O)[C@H](CCC(=O)O)NC(=O)C2(C)CCCN2C(=O)[C@H](Cc2c[nH]cn2)NC(=O)OC)[C@@H](C)OC)[C@@H](C)O)C(=O)N[C@@H](Cc2ccc(-c3ccccc3C)nc2)C(N)=O)cc1. The number of carboxylic acid groups (broad SMARTS) is 2. The van der Waals surface area contributed by atoms with E-state index < -0.39 is 199 Å². The van der Waals surface area contributed by atoms with E-state index in [4.69, 9.17) is 15.2 Å². The first-order valence-corrected chi connectivity index (χ1v) is 37.1. The van der Waals surface area contributed by atoms with Crippen LogP contribution < -0.4 is 58.9 Å². The number of aliphatic carboxylic acids is 2. The number of likely N-dealkylation sites (tertiary alicyclic amines) is 1. The number of nitrogens with zero attached hydrogens (tertiary/aromatic N) is 3. The lowest BCUT2D eigenvalue weighted by Gasteiger charge is -2.37. The molecule has 1 aliphatic heterocycles. The Morgan fingerprint density at radius 3 is 1.94 bits per heavy atom. The number of nitrogens with two attached hydrogens (primary N) is 1. The van der Waals surface area contributed by atoms with Gasteiger partial charge in [-0.1, -0.05) is 85.8 Å². The Kier molecular flexibility index (Phi) is 32.6. The average molecular weight is 1610 g/mol. The number of benzene rings is 4. The second-order valence-electron chi connectivity index (χ2n) is 28.4. The summed E-state index contributed by atoms with van der Waals surface area (Å²) in [5.41, 5.74) is 7.57. The van der Waals surface area contributed by atoms with E-state index >= 15 is 4.39 Å². The highest BCUT2D eigenvalue weighted by molar-refractivity contribution is 6.01. The lowest BCUT2D eigenvalue weighted by Crippen LogP contribution is -2.67. The number of aryl methyl sites for hydroxylation is 2. The minimum atomic E-state index is -2.40. The third kappa shape index (κ3) is 24.9. The first kappa shape index (κ1) is 90.4. The van der Waals surface area contributed by atoms with Gasteiger partial charge in [-0.2, -0.15) is 0 Å². The summed E-state index contributed by atoms with van der Waals surface area (Å²) < 4.78 is 25.8. The number of imidazole rings is 1. The predicted octanol–water partition coefficient (Wildman–Crippen LogP) is -0.152. The topological polar surface area (TPSA) is 550 Å². The van der Waals surface area contributed by atoms with Gasteiger partial charge in [-0.05, 0) is 124 Å². The molecule has 12 atom stereocenters. The molecule has 0 radical (unpaired) electrons. The molecule has 116 heavy (non-hydrogen) atoms. The maximum absolute atomic E-state index is 15.6. The van der Waals surface area contributed by atoms with Crippen molar-refractivity contribution in [2.75, 3.05) is 33.9 Å². The summed E-state index contributed by atoms with van der Waals surface area (Å²) in [5.74, 6) is -16.4. The molecular formula is C79H98FN15O21. The van der Waals surface area contributed by atoms with E-state index in [1.54, 1.807) is 48.5 Å². The Labute approximate surface area is 666 Å². The minimum Gasteiger partial charge on any atom is -0.508 e. The Balaban J connectivity index is 1.06. The van der Waals surface area contributed by atoms with Crippen LogP contribution in [-0.4, -0.2) is 234 Å². The number of phenols is 1. The van der Waals surface area contributed by atoms with Crippen molar-refractivity contribution >= 4 is 83.0 Å². The summed E-state index contributed by atoms with van der Waals surface area (Å²) in [6.07, 6.45) is -2.68. The summed E-state index contributed by atoms with van der Waals surface area (Å²) in [4.78, 5) is 206. The Morgan fingerprint density at radius 1 is 0.681 bits per heavy atom. The van der Waals surface area contributed by atoms with Crippen molar-refractivity contribution in [2.45, 2.75) is 177 Å². The highest BCUT2D eigenvalue weighted by atomic mass is 19.1. The molecule has 36 nitrogen and oxygen atoms in total. The molecule has 7 rings (SSSR count). The molecule has 6 aromatic rings. The maximum Gasteiger partial charge on any atom is 0.407 e. The van der Waals surface area contributed by atoms with Gasteiger partial charge >= 0.3 is 18.0 Å². The predicted molar refractivity (Wildman–Crippen MR) is 412 cm³/mol. The molecule has 3 heterocycles. The number of amides is 12. The Bertz CT molecular complexity index is 4530. The number of methoxy groups -OCH3 is 2. The van der Waals surface area contributed by atoms with E-state index in [0.29, 0.717) is 34.5 Å². The molecule has 12 amide bonds. The lowest BCUT2D eigenvalue weighted by molar-refractivity contribution is -0.146. The Hall–Kier alpha value is -12.8. The number of ether oxygens (including phenoxy) is 2. The molecule has 1 fully saturated rings. The number of carbonyl (C=O) groups is 14. The quantitative estimate of drug-likeness (QED) is 0.0237. The number of hydrogen-bond donors (Lipinski definition) is 17. The van der Waals surface area contributed by atoms with E-state index in [1.807, 2.05) is 38.1 Å². The second-order valence-corrected chi connectivity index (χ2v) is 28.4. The average Bonchev–Trinajstić information content (AvgIpc) is 1.61. The molecule has 4 aromatic carbocycles. The van der Waals surface area contributed by atoms with E-state index in [2.05, 4.69) is 68.1 Å². The van der Waals surface area contributed by atoms with Crippen molar-refractivity contribution in [3.05, 3.63) is 161 Å². The zero-order valence-electron chi connectivity index (χ0n) is 65.1. The molecule has 0 bridgehead atoms. The number of alkyl carbamates (subject to hydrolysis) is 1. The fourth-order valence-electron chi connectivity index (χ4n) is 13.0. The van der Waals surface area contributed by atoms with Gasteiger partial charge in [-0.15, -0.1) is 0 Å². The Morgan fingerprint density at radius 2 is 1.33 bits per heavy atom. The van der Waals surface area contributed by atoms with Crippen LogP contribution in [0.4, 0.5) is 9.18 Å². The van der Waals surface area contributed by atoms with Gasteiger partial charge in [0, 0.05) is 63.7 Å². The molecule has 1 saturated heterocycles. The number of H-pyrrole nitrogens is 1. The standard InChI is InChI=1S/C79H98FN15O21/c1-9-47-33-51(98)24-25-53(47)48-22-19-45(20-23-48)31-58(69(106)86-57(67(81)104)32-46-21-26-55(83-37-46)52-17-12-10-15-42(52)2)87-70(107)59(35-64(102)103)88-71(108)61(40-96)89-72(109)65(43(3)97)93-75(112)78(5,36-49-16-11-13-18-54(49)80)94-73(110)66(44(4)115-7)92-62(99)39-84-68(105)56(27-28-63(100)101)90-76(113)79(6)29-14-30-95(79)74(111)60(91-77(114)116-8)34-50-38-82-41-85-50/h10-13,15-26,33,37-38,41,43-44,56-61,65-66,96-98H,9,14,27-32,34-36,39-40H2,1-8H3,(H2,81,104)(H,82,85)(H,84,105)(H,86,106)(H,87,107)(H,88,108)(H,89,109)(H,90,113)(H,91,114)(H,92,99)(H,93,112)(H,94,110)(H,100,101)(H,102,103)/t43-,44-,56+,57+,58+,59+,60+,61+,65+,66+,78?,79?/m1/s1. The maximum atomic E-state index is 15.6. The van der Waals surface area contributed by atoms with Crippen LogP contribution in [-0.2, 0) is 104 Å². The van der Waals surface area contributed by atoms with Crippen LogP contribution in [0.5, 0.6) is 5.75 Å². The summed E-state index contributed by atoms with van der Waals surface area (Å²) >= 11 is 0. The number of halogens is 1. The monoisotopic (exact) mass is 1610 g/mol. The fourth-order valence-corrected chi connectivity index (χ4v) is 13.0. The van der Waals surface area contributed by atoms with Gasteiger partial charge in [0.1, 0.15) is 71.0 Å². The van der Waals surface area contributed by atoms with Crippen LogP contribution >= 0.6 is 0 Å². The van der Waals surface area contributed by atoms with Crippen molar-refractivity contribution < 1.29 is 107 Å². The summed E-state index contributed by atoms with van der Waals surface area (Å²) in [5, 5.41) is 75.4. The van der Waals surface area contributed by atoms with Gasteiger partial charge in [0.25, 0.3) is 0 Å². The summed E-state index contributed by atoms with van der Waals surface area (Å²) in [7, 11) is 2.22. The molecule has 1 aliphatic rings. The smallest absolute Gasteiger partial charge is 0.407 e. The van der Waals surface area contributed by atoms with Gasteiger partial charge in [-0.25, -0.2) is 14.2 Å². The van der Waals surface area contributed by atoms with Crippen molar-refractivity contribution in [3.8, 4) is 28.1 Å². The van der Waals surface area contributed by atoms with E-state index in [1.165, 1.54) is 61.7 Å². The molecule has 2 unspecified atom stereocenters. The van der Waals surface area contributed by atoms with Crippen LogP contribution in [0.2, 0.25) is 0 Å². The van der Waals surface area contributed by atoms with E-state index in [-0.39, 0.29) is 50.0 Å². The number of hydrogen-bond acceptors (Lipinski definition) is 21. The van der Waals surface area contributed by atoms with E-state index in [9.17, 15) is 92.7 Å². The first-order valence-electron chi connectivity index (χ1n) is 37.1. The molecule has 0 aliphatic carbocycles. The molecule has 0 saturated carbocycles. The highest BCUT2D eigenvalue weighted by Gasteiger charge is 2.49. The van der Waals surface area contributed by atoms with Gasteiger partial charge in [0.2, 0.25) is 65.0 Å². The minimum absolute atomic E-state index is 0.0206. The summed E-state index contributed by atoms with van der Waals surface area (Å²) in [6.45, 7) is 6.39. The van der Waals surface area contributed by atoms with Crippen molar-refractivity contribution in [3.63, 3.8) is 0 Å². The van der Waals surface area contributed by atoms with Gasteiger partial charge in [0.05, 0.1) is 56.6 Å². The number of aliphatic hydroxyl groups is 2.